The first-order chi connectivity index (χ1) is 16.4. The minimum Gasteiger partial charge on any atom is -0.302 e. The second kappa shape index (κ2) is 6.99. The summed E-state index contributed by atoms with van der Waals surface area (Å²) in [5.74, 6) is 0. The highest BCUT2D eigenvalue weighted by Crippen LogP contribution is 2.33. The fourth-order valence-corrected chi connectivity index (χ4v) is 7.34. The summed E-state index contributed by atoms with van der Waals surface area (Å²) in [5.41, 5.74) is 9.82. The molecule has 1 aliphatic carbocycles. The first-order valence-corrected chi connectivity index (χ1v) is 13.2. The Morgan fingerprint density at radius 3 is 2.47 bits per heavy atom. The molecule has 34 heavy (non-hydrogen) atoms. The maximum atomic E-state index is 2.58. The van der Waals surface area contributed by atoms with Crippen LogP contribution < -0.4 is 26.1 Å². The van der Waals surface area contributed by atoms with Gasteiger partial charge in [-0.15, -0.1) is 11.3 Å². The van der Waals surface area contributed by atoms with Crippen molar-refractivity contribution in [1.29, 1.82) is 0 Å². The summed E-state index contributed by atoms with van der Waals surface area (Å²) in [6.45, 7) is 9.33. The molecular formula is C31H28BNS. The minimum absolute atomic E-state index is 0.159. The summed E-state index contributed by atoms with van der Waals surface area (Å²) in [7, 11) is 0. The number of nitrogens with zero attached hydrogens (tertiary/aromatic N) is 1. The molecule has 0 saturated carbocycles. The Bertz CT molecular complexity index is 1740. The highest BCUT2D eigenvalue weighted by Gasteiger charge is 2.34. The van der Waals surface area contributed by atoms with E-state index in [1.54, 1.807) is 0 Å². The Morgan fingerprint density at radius 2 is 1.68 bits per heavy atom. The molecule has 3 heteroatoms. The number of rotatable bonds is 1. The molecule has 0 radical (unpaired) electrons. The third-order valence-electron chi connectivity index (χ3n) is 7.72. The first kappa shape index (κ1) is 20.3. The number of fused-ring (bicyclic) bond motifs is 7. The van der Waals surface area contributed by atoms with Gasteiger partial charge in [-0.25, -0.2) is 0 Å². The highest BCUT2D eigenvalue weighted by molar-refractivity contribution is 7.17. The van der Waals surface area contributed by atoms with Crippen molar-refractivity contribution in [3.63, 3.8) is 0 Å². The van der Waals surface area contributed by atoms with E-state index in [2.05, 4.69) is 105 Å². The van der Waals surface area contributed by atoms with Crippen LogP contribution >= 0.6 is 11.3 Å². The molecule has 2 aliphatic rings. The van der Waals surface area contributed by atoms with E-state index in [-0.39, 0.29) is 12.1 Å². The Hall–Kier alpha value is -3.04. The lowest BCUT2D eigenvalue weighted by atomic mass is 9.35. The van der Waals surface area contributed by atoms with E-state index < -0.39 is 0 Å². The van der Waals surface area contributed by atoms with E-state index in [1.165, 1.54) is 64.1 Å². The van der Waals surface area contributed by atoms with Gasteiger partial charge in [-0.05, 0) is 58.5 Å². The van der Waals surface area contributed by atoms with Crippen molar-refractivity contribution in [2.45, 2.75) is 46.0 Å². The lowest BCUT2D eigenvalue weighted by Gasteiger charge is -2.28. The second-order valence-corrected chi connectivity index (χ2v) is 12.0. The molecule has 1 nitrogen and oxygen atoms in total. The molecule has 3 heterocycles. The van der Waals surface area contributed by atoms with Crippen LogP contribution in [0, 0.1) is 6.92 Å². The third kappa shape index (κ3) is 2.74. The normalized spacial score (nSPS) is 14.6. The summed E-state index contributed by atoms with van der Waals surface area (Å²) in [6, 6.07) is 23.4. The topological polar surface area (TPSA) is 4.93 Å². The van der Waals surface area contributed by atoms with Crippen molar-refractivity contribution in [2.75, 3.05) is 0 Å². The molecule has 1 aliphatic heterocycles. The zero-order valence-corrected chi connectivity index (χ0v) is 21.1. The lowest BCUT2D eigenvalue weighted by Crippen LogP contribution is -2.56. The fraction of sp³-hybridized carbons (Fsp3) is 0.226. The molecule has 0 fully saturated rings. The van der Waals surface area contributed by atoms with Crippen LogP contribution in [0.3, 0.4) is 0 Å². The van der Waals surface area contributed by atoms with Crippen LogP contribution in [0.5, 0.6) is 0 Å². The van der Waals surface area contributed by atoms with Crippen LogP contribution in [-0.4, -0.2) is 11.3 Å². The molecule has 0 N–H and O–H groups in total. The van der Waals surface area contributed by atoms with Gasteiger partial charge < -0.3 is 4.57 Å². The molecule has 2 aromatic heterocycles. The summed E-state index contributed by atoms with van der Waals surface area (Å²) in [4.78, 5) is 1.40. The van der Waals surface area contributed by atoms with Gasteiger partial charge in [0.25, 0.3) is 0 Å². The Balaban J connectivity index is 1.60. The average Bonchev–Trinajstić information content (AvgIpc) is 3.35. The number of aromatic nitrogens is 1. The summed E-state index contributed by atoms with van der Waals surface area (Å²) in [5, 5.41) is 4.30. The van der Waals surface area contributed by atoms with E-state index in [1.807, 2.05) is 11.3 Å². The van der Waals surface area contributed by atoms with Crippen molar-refractivity contribution >= 4 is 67.7 Å². The zero-order chi connectivity index (χ0) is 23.2. The van der Waals surface area contributed by atoms with Gasteiger partial charge in [-0.1, -0.05) is 93.0 Å². The number of thiophene rings is 1. The molecular weight excluding hydrogens is 429 g/mol. The first-order valence-electron chi connectivity index (χ1n) is 12.4. The van der Waals surface area contributed by atoms with E-state index in [9.17, 15) is 0 Å². The number of hydrogen-bond acceptors (Lipinski definition) is 1. The largest absolute Gasteiger partial charge is 0.302 e. The standard InChI is InChI=1S/C31H28BNS/c1-19-12-17-24-26(18-19)33-29-23(28-22-8-5-6-11-27(22)34-30(28)33)9-7-10-25(29)32(24)21-15-13-20(14-16-21)31(2,3)4/h7-18H,5-6H2,1-4H3. The molecule has 0 saturated heterocycles. The monoisotopic (exact) mass is 457 g/mol. The van der Waals surface area contributed by atoms with Crippen LogP contribution in [0.25, 0.3) is 39.0 Å². The van der Waals surface area contributed by atoms with Crippen molar-refractivity contribution in [2.24, 2.45) is 0 Å². The summed E-state index contributed by atoms with van der Waals surface area (Å²) in [6.07, 6.45) is 7.19. The van der Waals surface area contributed by atoms with Crippen molar-refractivity contribution < 1.29 is 0 Å². The fourth-order valence-electron chi connectivity index (χ4n) is 6.03. The highest BCUT2D eigenvalue weighted by atomic mass is 32.1. The summed E-state index contributed by atoms with van der Waals surface area (Å²) < 4.78 is 4.02. The number of hydrogen-bond donors (Lipinski definition) is 0. The summed E-state index contributed by atoms with van der Waals surface area (Å²) >= 11 is 1.97. The van der Waals surface area contributed by atoms with E-state index in [4.69, 9.17) is 0 Å². The third-order valence-corrected chi connectivity index (χ3v) is 8.91. The van der Waals surface area contributed by atoms with E-state index in [0.717, 1.165) is 12.8 Å². The molecule has 0 spiro atoms. The molecule has 3 aromatic carbocycles. The molecule has 5 aromatic rings. The van der Waals surface area contributed by atoms with Crippen LogP contribution in [0.4, 0.5) is 0 Å². The van der Waals surface area contributed by atoms with Gasteiger partial charge in [-0.3, -0.25) is 0 Å². The average molecular weight is 457 g/mol. The van der Waals surface area contributed by atoms with Crippen molar-refractivity contribution in [3.05, 3.63) is 81.5 Å². The maximum Gasteiger partial charge on any atom is 0.246 e. The van der Waals surface area contributed by atoms with Gasteiger partial charge in [0.1, 0.15) is 4.83 Å². The smallest absolute Gasteiger partial charge is 0.246 e. The Morgan fingerprint density at radius 1 is 0.882 bits per heavy atom. The zero-order valence-electron chi connectivity index (χ0n) is 20.3. The Labute approximate surface area is 205 Å². The van der Waals surface area contributed by atoms with Gasteiger partial charge in [0, 0.05) is 21.0 Å². The molecule has 0 amide bonds. The van der Waals surface area contributed by atoms with Gasteiger partial charge in [0.05, 0.1) is 5.52 Å². The van der Waals surface area contributed by atoms with Crippen LogP contribution in [0.2, 0.25) is 0 Å². The van der Waals surface area contributed by atoms with E-state index in [0.29, 0.717) is 0 Å². The van der Waals surface area contributed by atoms with E-state index >= 15 is 0 Å². The minimum atomic E-state index is 0.159. The van der Waals surface area contributed by atoms with Crippen LogP contribution in [0.1, 0.15) is 44.7 Å². The predicted octanol–water partition coefficient (Wildman–Crippen LogP) is 4.64. The van der Waals surface area contributed by atoms with Crippen molar-refractivity contribution in [3.8, 4) is 5.69 Å². The molecule has 7 rings (SSSR count). The molecule has 0 bridgehead atoms. The van der Waals surface area contributed by atoms with Gasteiger partial charge in [-0.2, -0.15) is 0 Å². The molecule has 0 unspecified atom stereocenters. The molecule has 166 valence electrons. The molecule has 0 atom stereocenters. The quantitative estimate of drug-likeness (QED) is 0.317. The predicted molar refractivity (Wildman–Crippen MR) is 151 cm³/mol. The van der Waals surface area contributed by atoms with Crippen molar-refractivity contribution in [1.82, 2.24) is 4.57 Å². The SMILES string of the molecule is Cc1ccc2c(c1)-n1c3sc4c(c3c3cccc(c31)B2c1ccc(C(C)(C)C)cc1)=CCCC=4. The van der Waals surface area contributed by atoms with Crippen LogP contribution in [-0.2, 0) is 5.41 Å². The number of benzene rings is 3. The second-order valence-electron chi connectivity index (χ2n) is 11.0. The van der Waals surface area contributed by atoms with Gasteiger partial charge in [0.2, 0.25) is 6.71 Å². The lowest BCUT2D eigenvalue weighted by molar-refractivity contribution is 0.590. The van der Waals surface area contributed by atoms with Gasteiger partial charge in [0.15, 0.2) is 0 Å². The van der Waals surface area contributed by atoms with Crippen LogP contribution in [0.15, 0.2) is 60.7 Å². The van der Waals surface area contributed by atoms with Gasteiger partial charge >= 0.3 is 0 Å². The Kier molecular flexibility index (Phi) is 4.18. The number of para-hydroxylation sites is 1. The maximum absolute atomic E-state index is 2.58. The number of aryl methyl sites for hydroxylation is 1.